The Labute approximate surface area is 145 Å². The number of amides is 1. The maximum Gasteiger partial charge on any atom is 0.387 e. The molecule has 1 N–H and O–H groups in total. The van der Waals surface area contributed by atoms with Gasteiger partial charge in [0.2, 0.25) is 5.91 Å². The van der Waals surface area contributed by atoms with Crippen molar-refractivity contribution in [1.29, 1.82) is 0 Å². The Morgan fingerprint density at radius 1 is 1.12 bits per heavy atom. The van der Waals surface area contributed by atoms with Crippen molar-refractivity contribution in [2.75, 3.05) is 12.4 Å². The van der Waals surface area contributed by atoms with Gasteiger partial charge in [-0.1, -0.05) is 24.3 Å². The van der Waals surface area contributed by atoms with Gasteiger partial charge >= 0.3 is 6.61 Å². The molecule has 2 aromatic rings. The normalized spacial score (nSPS) is 11.0. The minimum atomic E-state index is -2.93. The minimum Gasteiger partial charge on any atom is -0.493 e. The van der Waals surface area contributed by atoms with Gasteiger partial charge in [0.05, 0.1) is 7.11 Å². The van der Waals surface area contributed by atoms with Crippen molar-refractivity contribution in [3.63, 3.8) is 0 Å². The molecule has 0 aliphatic carbocycles. The first kappa shape index (κ1) is 18.4. The SMILES string of the molecule is COc1cc(/C=C/C(=O)Nc2c(C)cccc2C)ccc1OC(F)F. The number of nitrogens with one attached hydrogen (secondary N) is 1. The quantitative estimate of drug-likeness (QED) is 0.779. The second-order valence-electron chi connectivity index (χ2n) is 5.38. The third-order valence-electron chi connectivity index (χ3n) is 3.56. The molecular weight excluding hydrogens is 328 g/mol. The fourth-order valence-corrected chi connectivity index (χ4v) is 2.33. The smallest absolute Gasteiger partial charge is 0.387 e. The molecule has 1 amide bonds. The summed E-state index contributed by atoms with van der Waals surface area (Å²) in [5.41, 5.74) is 3.33. The van der Waals surface area contributed by atoms with E-state index in [1.807, 2.05) is 32.0 Å². The zero-order valence-electron chi connectivity index (χ0n) is 14.2. The van der Waals surface area contributed by atoms with E-state index in [-0.39, 0.29) is 17.4 Å². The van der Waals surface area contributed by atoms with Crippen LogP contribution in [0.3, 0.4) is 0 Å². The molecular formula is C19H19F2NO3. The fraction of sp³-hybridized carbons (Fsp3) is 0.211. The Balaban J connectivity index is 2.12. The molecule has 0 saturated carbocycles. The lowest BCUT2D eigenvalue weighted by Crippen LogP contribution is -2.10. The van der Waals surface area contributed by atoms with Crippen molar-refractivity contribution in [3.05, 3.63) is 59.2 Å². The first-order valence-corrected chi connectivity index (χ1v) is 7.59. The molecule has 4 nitrogen and oxygen atoms in total. The number of methoxy groups -OCH3 is 1. The molecule has 0 bridgehead atoms. The summed E-state index contributed by atoms with van der Waals surface area (Å²) >= 11 is 0. The molecule has 132 valence electrons. The number of hydrogen-bond acceptors (Lipinski definition) is 3. The summed E-state index contributed by atoms with van der Waals surface area (Å²) in [5.74, 6) is -0.184. The van der Waals surface area contributed by atoms with E-state index in [0.717, 1.165) is 16.8 Å². The third kappa shape index (κ3) is 5.04. The van der Waals surface area contributed by atoms with Crippen LogP contribution in [-0.2, 0) is 4.79 Å². The summed E-state index contributed by atoms with van der Waals surface area (Å²) in [6.07, 6.45) is 2.94. The molecule has 0 atom stereocenters. The summed E-state index contributed by atoms with van der Waals surface area (Å²) in [4.78, 5) is 12.1. The summed E-state index contributed by atoms with van der Waals surface area (Å²) in [7, 11) is 1.36. The first-order valence-electron chi connectivity index (χ1n) is 7.59. The minimum absolute atomic E-state index is 0.0605. The Kier molecular flexibility index (Phi) is 6.11. The lowest BCUT2D eigenvalue weighted by molar-refractivity contribution is -0.111. The molecule has 2 rings (SSSR count). The highest BCUT2D eigenvalue weighted by Gasteiger charge is 2.10. The molecule has 0 unspecified atom stereocenters. The third-order valence-corrected chi connectivity index (χ3v) is 3.56. The van der Waals surface area contributed by atoms with Crippen LogP contribution in [0, 0.1) is 13.8 Å². The van der Waals surface area contributed by atoms with Crippen LogP contribution < -0.4 is 14.8 Å². The molecule has 0 saturated heterocycles. The van der Waals surface area contributed by atoms with E-state index in [0.29, 0.717) is 5.56 Å². The van der Waals surface area contributed by atoms with Crippen LogP contribution in [0.25, 0.3) is 6.08 Å². The zero-order valence-corrected chi connectivity index (χ0v) is 14.2. The van der Waals surface area contributed by atoms with Gasteiger partial charge < -0.3 is 14.8 Å². The molecule has 0 aliphatic heterocycles. The number of halogens is 2. The van der Waals surface area contributed by atoms with Gasteiger partial charge in [-0.05, 0) is 48.7 Å². The summed E-state index contributed by atoms with van der Waals surface area (Å²) in [6.45, 7) is 0.899. The number of benzene rings is 2. The fourth-order valence-electron chi connectivity index (χ4n) is 2.33. The Hall–Kier alpha value is -2.89. The molecule has 6 heteroatoms. The van der Waals surface area contributed by atoms with Gasteiger partial charge in [-0.3, -0.25) is 4.79 Å². The summed E-state index contributed by atoms with van der Waals surface area (Å²) in [6, 6.07) is 10.2. The Morgan fingerprint density at radius 2 is 1.80 bits per heavy atom. The van der Waals surface area contributed by atoms with Crippen molar-refractivity contribution < 1.29 is 23.0 Å². The van der Waals surface area contributed by atoms with E-state index >= 15 is 0 Å². The number of aryl methyl sites for hydroxylation is 2. The number of carbonyl (C=O) groups excluding carboxylic acids is 1. The van der Waals surface area contributed by atoms with Gasteiger partial charge in [0.1, 0.15) is 0 Å². The van der Waals surface area contributed by atoms with E-state index in [1.54, 1.807) is 12.1 Å². The first-order chi connectivity index (χ1) is 11.9. The summed E-state index contributed by atoms with van der Waals surface area (Å²) < 4.78 is 34.0. The lowest BCUT2D eigenvalue weighted by atomic mass is 10.1. The number of carbonyl (C=O) groups is 1. The van der Waals surface area contributed by atoms with Crippen molar-refractivity contribution in [2.24, 2.45) is 0 Å². The van der Waals surface area contributed by atoms with Crippen LogP contribution in [0.15, 0.2) is 42.5 Å². The molecule has 0 spiro atoms. The Bertz CT molecular complexity index is 768. The van der Waals surface area contributed by atoms with Gasteiger partial charge in [0, 0.05) is 11.8 Å². The van der Waals surface area contributed by atoms with Crippen LogP contribution >= 0.6 is 0 Å². The average molecular weight is 347 g/mol. The monoisotopic (exact) mass is 347 g/mol. The molecule has 0 heterocycles. The van der Waals surface area contributed by atoms with Crippen LogP contribution in [0.2, 0.25) is 0 Å². The number of alkyl halides is 2. The van der Waals surface area contributed by atoms with E-state index in [1.165, 1.54) is 25.3 Å². The number of anilines is 1. The van der Waals surface area contributed by atoms with E-state index in [4.69, 9.17) is 4.74 Å². The lowest BCUT2D eigenvalue weighted by Gasteiger charge is -2.10. The maximum atomic E-state index is 12.3. The van der Waals surface area contributed by atoms with Crippen molar-refractivity contribution >= 4 is 17.7 Å². The van der Waals surface area contributed by atoms with Gasteiger partial charge in [0.15, 0.2) is 11.5 Å². The number of hydrogen-bond donors (Lipinski definition) is 1. The molecule has 0 radical (unpaired) electrons. The highest BCUT2D eigenvalue weighted by atomic mass is 19.3. The predicted molar refractivity (Wildman–Crippen MR) is 93.2 cm³/mol. The average Bonchev–Trinajstić information content (AvgIpc) is 2.57. The van der Waals surface area contributed by atoms with Gasteiger partial charge in [0.25, 0.3) is 0 Å². The largest absolute Gasteiger partial charge is 0.493 e. The topological polar surface area (TPSA) is 47.6 Å². The molecule has 25 heavy (non-hydrogen) atoms. The number of rotatable bonds is 6. The number of ether oxygens (including phenoxy) is 2. The highest BCUT2D eigenvalue weighted by Crippen LogP contribution is 2.29. The van der Waals surface area contributed by atoms with Crippen molar-refractivity contribution in [3.8, 4) is 11.5 Å². The number of para-hydroxylation sites is 1. The molecule has 0 aromatic heterocycles. The van der Waals surface area contributed by atoms with Crippen LogP contribution in [0.5, 0.6) is 11.5 Å². The maximum absolute atomic E-state index is 12.3. The molecule has 2 aromatic carbocycles. The standard InChI is InChI=1S/C19H19F2NO3/c1-12-5-4-6-13(2)18(12)22-17(23)10-8-14-7-9-15(25-19(20)21)16(11-14)24-3/h4-11,19H,1-3H3,(H,22,23)/b10-8+. The van der Waals surface area contributed by atoms with Crippen molar-refractivity contribution in [1.82, 2.24) is 0 Å². The van der Waals surface area contributed by atoms with Crippen LogP contribution in [0.4, 0.5) is 14.5 Å². The molecule has 0 aliphatic rings. The van der Waals surface area contributed by atoms with Crippen molar-refractivity contribution in [2.45, 2.75) is 20.5 Å². The second-order valence-corrected chi connectivity index (χ2v) is 5.38. The highest BCUT2D eigenvalue weighted by molar-refractivity contribution is 6.02. The van der Waals surface area contributed by atoms with E-state index in [9.17, 15) is 13.6 Å². The predicted octanol–water partition coefficient (Wildman–Crippen LogP) is 4.57. The van der Waals surface area contributed by atoms with E-state index < -0.39 is 6.61 Å². The van der Waals surface area contributed by atoms with Gasteiger partial charge in [-0.25, -0.2) is 0 Å². The molecule has 0 fully saturated rings. The summed E-state index contributed by atoms with van der Waals surface area (Å²) in [5, 5.41) is 2.83. The Morgan fingerprint density at radius 3 is 2.40 bits per heavy atom. The van der Waals surface area contributed by atoms with Gasteiger partial charge in [-0.2, -0.15) is 8.78 Å². The zero-order chi connectivity index (χ0) is 18.4. The second kappa shape index (κ2) is 8.28. The van der Waals surface area contributed by atoms with E-state index in [2.05, 4.69) is 10.1 Å². The van der Waals surface area contributed by atoms with Crippen LogP contribution in [-0.4, -0.2) is 19.6 Å². The van der Waals surface area contributed by atoms with Crippen LogP contribution in [0.1, 0.15) is 16.7 Å². The van der Waals surface area contributed by atoms with Gasteiger partial charge in [-0.15, -0.1) is 0 Å².